The Bertz CT molecular complexity index is 640. The molecule has 8 heteroatoms. The molecule has 2 rings (SSSR count). The molecule has 1 heterocycles. The molecule has 116 valence electrons. The molecule has 1 amide bonds. The zero-order chi connectivity index (χ0) is 15.6. The number of sulfonamides is 1. The molecule has 1 saturated heterocycles. The minimum absolute atomic E-state index is 0.0926. The summed E-state index contributed by atoms with van der Waals surface area (Å²) in [4.78, 5) is 13.9. The molecule has 0 spiro atoms. The lowest BCUT2D eigenvalue weighted by Crippen LogP contribution is -2.47. The van der Waals surface area contributed by atoms with Gasteiger partial charge in [-0.15, -0.1) is 0 Å². The molecule has 0 unspecified atom stereocenters. The van der Waals surface area contributed by atoms with E-state index in [2.05, 4.69) is 10.2 Å². The van der Waals surface area contributed by atoms with Gasteiger partial charge in [0.1, 0.15) is 0 Å². The molecule has 0 aliphatic carbocycles. The van der Waals surface area contributed by atoms with Gasteiger partial charge in [0, 0.05) is 33.2 Å². The van der Waals surface area contributed by atoms with Crippen LogP contribution in [0.4, 0.5) is 0 Å². The summed E-state index contributed by atoms with van der Waals surface area (Å²) < 4.78 is 26.6. The van der Waals surface area contributed by atoms with E-state index in [0.29, 0.717) is 26.2 Å². The maximum atomic E-state index is 12.6. The van der Waals surface area contributed by atoms with Crippen molar-refractivity contribution < 1.29 is 13.2 Å². The summed E-state index contributed by atoms with van der Waals surface area (Å²) in [5.74, 6) is -0.407. The van der Waals surface area contributed by atoms with E-state index < -0.39 is 15.9 Å². The molecular weight excluding hydrogens is 314 g/mol. The van der Waals surface area contributed by atoms with Gasteiger partial charge in [-0.25, -0.2) is 8.42 Å². The molecule has 0 atom stereocenters. The van der Waals surface area contributed by atoms with Gasteiger partial charge in [0.2, 0.25) is 10.0 Å². The Labute approximate surface area is 129 Å². The molecule has 1 aromatic rings. The highest BCUT2D eigenvalue weighted by Gasteiger charge is 2.28. The van der Waals surface area contributed by atoms with Gasteiger partial charge in [0.15, 0.2) is 0 Å². The second-order valence-corrected chi connectivity index (χ2v) is 7.27. The number of piperazine rings is 1. The van der Waals surface area contributed by atoms with Crippen molar-refractivity contribution in [2.24, 2.45) is 0 Å². The van der Waals surface area contributed by atoms with Crippen LogP contribution in [-0.4, -0.2) is 63.8 Å². The van der Waals surface area contributed by atoms with E-state index in [-0.39, 0.29) is 15.5 Å². The van der Waals surface area contributed by atoms with E-state index in [4.69, 9.17) is 11.6 Å². The second kappa shape index (κ2) is 6.31. The maximum absolute atomic E-state index is 12.6. The van der Waals surface area contributed by atoms with Crippen molar-refractivity contribution in [3.63, 3.8) is 0 Å². The van der Waals surface area contributed by atoms with Gasteiger partial charge in [-0.05, 0) is 25.2 Å². The summed E-state index contributed by atoms with van der Waals surface area (Å²) >= 11 is 5.95. The molecule has 0 radical (unpaired) electrons. The van der Waals surface area contributed by atoms with Crippen LogP contribution in [0.25, 0.3) is 0 Å². The summed E-state index contributed by atoms with van der Waals surface area (Å²) in [5, 5.41) is 2.68. The third kappa shape index (κ3) is 3.37. The number of likely N-dealkylation sites (N-methyl/N-ethyl adjacent to an activating group) is 1. The lowest BCUT2D eigenvalue weighted by atomic mass is 10.2. The maximum Gasteiger partial charge on any atom is 0.252 e. The van der Waals surface area contributed by atoms with Gasteiger partial charge in [-0.2, -0.15) is 4.31 Å². The van der Waals surface area contributed by atoms with Gasteiger partial charge in [-0.1, -0.05) is 11.6 Å². The Morgan fingerprint density at radius 1 is 1.24 bits per heavy atom. The molecule has 0 saturated carbocycles. The van der Waals surface area contributed by atoms with Crippen molar-refractivity contribution in [1.82, 2.24) is 14.5 Å². The normalized spacial score (nSPS) is 17.7. The highest BCUT2D eigenvalue weighted by atomic mass is 35.5. The summed E-state index contributed by atoms with van der Waals surface area (Å²) in [5.41, 5.74) is 0.161. The van der Waals surface area contributed by atoms with E-state index in [1.54, 1.807) is 0 Å². The van der Waals surface area contributed by atoms with Crippen molar-refractivity contribution in [3.8, 4) is 0 Å². The van der Waals surface area contributed by atoms with Crippen molar-refractivity contribution in [3.05, 3.63) is 28.8 Å². The summed E-state index contributed by atoms with van der Waals surface area (Å²) in [6.07, 6.45) is 0. The van der Waals surface area contributed by atoms with E-state index >= 15 is 0 Å². The van der Waals surface area contributed by atoms with E-state index in [1.165, 1.54) is 29.6 Å². The van der Waals surface area contributed by atoms with Crippen LogP contribution < -0.4 is 5.32 Å². The van der Waals surface area contributed by atoms with Crippen LogP contribution in [0.15, 0.2) is 23.1 Å². The second-order valence-electron chi connectivity index (χ2n) is 4.93. The lowest BCUT2D eigenvalue weighted by molar-refractivity contribution is 0.0963. The summed E-state index contributed by atoms with van der Waals surface area (Å²) in [7, 11) is -0.172. The number of benzene rings is 1. The third-order valence-corrected chi connectivity index (χ3v) is 5.73. The van der Waals surface area contributed by atoms with E-state index in [1.807, 2.05) is 7.05 Å². The number of hydrogen-bond donors (Lipinski definition) is 1. The Balaban J connectivity index is 2.34. The van der Waals surface area contributed by atoms with Crippen molar-refractivity contribution in [2.75, 3.05) is 40.3 Å². The fraction of sp³-hybridized carbons (Fsp3) is 0.462. The Morgan fingerprint density at radius 2 is 1.86 bits per heavy atom. The number of amides is 1. The molecular formula is C13H18ClN3O3S. The number of carbonyl (C=O) groups is 1. The van der Waals surface area contributed by atoms with Gasteiger partial charge in [0.25, 0.3) is 5.91 Å². The zero-order valence-electron chi connectivity index (χ0n) is 12.0. The quantitative estimate of drug-likeness (QED) is 0.882. The zero-order valence-corrected chi connectivity index (χ0v) is 13.5. The molecule has 6 nitrogen and oxygen atoms in total. The molecule has 1 aliphatic heterocycles. The lowest BCUT2D eigenvalue weighted by Gasteiger charge is -2.31. The van der Waals surface area contributed by atoms with Gasteiger partial charge < -0.3 is 10.2 Å². The molecule has 1 N–H and O–H groups in total. The van der Waals surface area contributed by atoms with Crippen molar-refractivity contribution >= 4 is 27.5 Å². The summed E-state index contributed by atoms with van der Waals surface area (Å²) in [6.45, 7) is 2.26. The smallest absolute Gasteiger partial charge is 0.252 e. The molecule has 21 heavy (non-hydrogen) atoms. The van der Waals surface area contributed by atoms with E-state index in [0.717, 1.165) is 0 Å². The highest BCUT2D eigenvalue weighted by molar-refractivity contribution is 7.89. The first-order chi connectivity index (χ1) is 9.86. The minimum Gasteiger partial charge on any atom is -0.355 e. The van der Waals surface area contributed by atoms with E-state index in [9.17, 15) is 13.2 Å². The molecule has 1 aliphatic rings. The first kappa shape index (κ1) is 16.2. The third-order valence-electron chi connectivity index (χ3n) is 3.51. The van der Waals surface area contributed by atoms with Gasteiger partial charge >= 0.3 is 0 Å². The monoisotopic (exact) mass is 331 g/mol. The molecule has 1 aromatic carbocycles. The number of carbonyl (C=O) groups excluding carboxylic acids is 1. The SMILES string of the molecule is CNC(=O)c1cc(S(=O)(=O)N2CCN(C)CC2)ccc1Cl. The fourth-order valence-electron chi connectivity index (χ4n) is 2.15. The van der Waals surface area contributed by atoms with Crippen molar-refractivity contribution in [2.45, 2.75) is 4.90 Å². The largest absolute Gasteiger partial charge is 0.355 e. The number of hydrogen-bond acceptors (Lipinski definition) is 4. The highest BCUT2D eigenvalue weighted by Crippen LogP contribution is 2.23. The van der Waals surface area contributed by atoms with Crippen LogP contribution in [0.2, 0.25) is 5.02 Å². The van der Waals surface area contributed by atoms with Crippen LogP contribution >= 0.6 is 11.6 Å². The molecule has 0 bridgehead atoms. The number of nitrogens with zero attached hydrogens (tertiary/aromatic N) is 2. The standard InChI is InChI=1S/C13H18ClN3O3S/c1-15-13(18)11-9-10(3-4-12(11)14)21(19,20)17-7-5-16(2)6-8-17/h3-4,9H,5-8H2,1-2H3,(H,15,18). The molecule has 1 fully saturated rings. The summed E-state index contributed by atoms with van der Waals surface area (Å²) in [6, 6.07) is 4.20. The van der Waals surface area contributed by atoms with Crippen LogP contribution in [0.1, 0.15) is 10.4 Å². The Hall–Kier alpha value is -1.15. The number of nitrogens with one attached hydrogen (secondary N) is 1. The predicted octanol–water partition coefficient (Wildman–Crippen LogP) is 0.636. The average Bonchev–Trinajstić information content (AvgIpc) is 2.47. The van der Waals surface area contributed by atoms with Gasteiger partial charge in [0.05, 0.1) is 15.5 Å². The van der Waals surface area contributed by atoms with Crippen LogP contribution in [0.5, 0.6) is 0 Å². The van der Waals surface area contributed by atoms with Crippen LogP contribution in [0.3, 0.4) is 0 Å². The number of halogens is 1. The Kier molecular flexibility index (Phi) is 4.88. The minimum atomic E-state index is -3.60. The Morgan fingerprint density at radius 3 is 2.43 bits per heavy atom. The van der Waals surface area contributed by atoms with Crippen LogP contribution in [0, 0.1) is 0 Å². The topological polar surface area (TPSA) is 69.7 Å². The first-order valence-electron chi connectivity index (χ1n) is 6.56. The van der Waals surface area contributed by atoms with Crippen LogP contribution in [-0.2, 0) is 10.0 Å². The predicted molar refractivity (Wildman–Crippen MR) is 81.1 cm³/mol. The molecule has 0 aromatic heterocycles. The first-order valence-corrected chi connectivity index (χ1v) is 8.38. The average molecular weight is 332 g/mol. The fourth-order valence-corrected chi connectivity index (χ4v) is 3.80. The number of rotatable bonds is 3. The van der Waals surface area contributed by atoms with Gasteiger partial charge in [-0.3, -0.25) is 4.79 Å². The van der Waals surface area contributed by atoms with Crippen molar-refractivity contribution in [1.29, 1.82) is 0 Å².